The van der Waals surface area contributed by atoms with Gasteiger partial charge in [-0.3, -0.25) is 9.69 Å². The van der Waals surface area contributed by atoms with E-state index < -0.39 is 0 Å². The van der Waals surface area contributed by atoms with E-state index in [0.29, 0.717) is 0 Å². The molecular weight excluding hydrogens is 372 g/mol. The van der Waals surface area contributed by atoms with Crippen molar-refractivity contribution in [2.75, 3.05) is 26.2 Å². The number of piperazine rings is 1. The maximum Gasteiger partial charge on any atom is 0.263 e. The van der Waals surface area contributed by atoms with Crippen LogP contribution in [0.3, 0.4) is 0 Å². The van der Waals surface area contributed by atoms with Crippen molar-refractivity contribution in [3.8, 4) is 6.07 Å². The predicted octanol–water partition coefficient (Wildman–Crippen LogP) is 3.72. The van der Waals surface area contributed by atoms with Gasteiger partial charge in [-0.15, -0.1) is 0 Å². The van der Waals surface area contributed by atoms with E-state index in [-0.39, 0.29) is 23.1 Å². The smallest absolute Gasteiger partial charge is 0.263 e. The van der Waals surface area contributed by atoms with Crippen LogP contribution in [0.15, 0.2) is 72.4 Å². The molecule has 3 rings (SSSR count). The lowest BCUT2D eigenvalue weighted by Gasteiger charge is -2.39. The Hall–Kier alpha value is -3.10. The molecule has 0 aromatic heterocycles. The quantitative estimate of drug-likeness (QED) is 0.612. The summed E-state index contributed by atoms with van der Waals surface area (Å²) in [5.41, 5.74) is 2.33. The normalized spacial score (nSPS) is 15.7. The molecule has 30 heavy (non-hydrogen) atoms. The molecule has 1 N–H and O–H groups in total. The number of nitrogens with zero attached hydrogens (tertiary/aromatic N) is 3. The Morgan fingerprint density at radius 3 is 1.90 bits per heavy atom. The van der Waals surface area contributed by atoms with Crippen molar-refractivity contribution >= 4 is 5.91 Å². The van der Waals surface area contributed by atoms with E-state index in [1.165, 1.54) is 11.1 Å². The van der Waals surface area contributed by atoms with Gasteiger partial charge >= 0.3 is 0 Å². The highest BCUT2D eigenvalue weighted by molar-refractivity contribution is 5.97. The molecule has 0 atom stereocenters. The van der Waals surface area contributed by atoms with Crippen molar-refractivity contribution in [3.05, 3.63) is 83.6 Å². The van der Waals surface area contributed by atoms with Gasteiger partial charge < -0.3 is 10.2 Å². The van der Waals surface area contributed by atoms with Gasteiger partial charge in [0.05, 0.1) is 6.04 Å². The van der Waals surface area contributed by atoms with Crippen LogP contribution < -0.4 is 5.32 Å². The molecule has 1 amide bonds. The zero-order valence-corrected chi connectivity index (χ0v) is 18.0. The molecule has 1 aliphatic heterocycles. The van der Waals surface area contributed by atoms with Crippen molar-refractivity contribution in [1.29, 1.82) is 5.26 Å². The number of carbonyl (C=O) groups excluding carboxylic acids is 1. The van der Waals surface area contributed by atoms with Crippen LogP contribution in [0.5, 0.6) is 0 Å². The van der Waals surface area contributed by atoms with E-state index in [2.05, 4.69) is 69.7 Å². The number of rotatable bonds is 5. The number of amides is 1. The molecule has 0 radical (unpaired) electrons. The molecule has 156 valence electrons. The monoisotopic (exact) mass is 402 g/mol. The van der Waals surface area contributed by atoms with Crippen molar-refractivity contribution in [3.63, 3.8) is 0 Å². The number of hydrogen-bond acceptors (Lipinski definition) is 4. The molecule has 2 aromatic rings. The summed E-state index contributed by atoms with van der Waals surface area (Å²) in [6.45, 7) is 8.97. The molecule has 1 saturated heterocycles. The highest BCUT2D eigenvalue weighted by Crippen LogP contribution is 2.29. The van der Waals surface area contributed by atoms with Gasteiger partial charge in [0.2, 0.25) is 0 Å². The molecule has 0 aliphatic carbocycles. The standard InChI is InChI=1S/C25H30N4O/c1-25(2,3)27-24(30)22(18-26)19-28-14-16-29(17-15-28)23(20-10-6-4-7-11-20)21-12-8-5-9-13-21/h4-13,19,23H,14-17H2,1-3H3,(H,27,30)/b22-19-. The van der Waals surface area contributed by atoms with Crippen LogP contribution in [0, 0.1) is 11.3 Å². The minimum absolute atomic E-state index is 0.154. The first-order chi connectivity index (χ1) is 14.4. The molecule has 0 spiro atoms. The summed E-state index contributed by atoms with van der Waals surface area (Å²) in [4.78, 5) is 16.9. The van der Waals surface area contributed by atoms with Gasteiger partial charge in [0, 0.05) is 37.9 Å². The lowest BCUT2D eigenvalue weighted by Crippen LogP contribution is -2.46. The summed E-state index contributed by atoms with van der Waals surface area (Å²) in [7, 11) is 0. The Labute approximate surface area is 179 Å². The molecule has 1 fully saturated rings. The summed E-state index contributed by atoms with van der Waals surface area (Å²) >= 11 is 0. The van der Waals surface area contributed by atoms with E-state index in [0.717, 1.165) is 26.2 Å². The molecule has 0 unspecified atom stereocenters. The summed E-state index contributed by atoms with van der Waals surface area (Å²) < 4.78 is 0. The van der Waals surface area contributed by atoms with Crippen LogP contribution in [0.4, 0.5) is 0 Å². The van der Waals surface area contributed by atoms with Gasteiger partial charge in [-0.2, -0.15) is 5.26 Å². The fourth-order valence-electron chi connectivity index (χ4n) is 3.74. The van der Waals surface area contributed by atoms with E-state index >= 15 is 0 Å². The number of carbonyl (C=O) groups is 1. The first kappa shape index (κ1) is 21.6. The van der Waals surface area contributed by atoms with E-state index in [9.17, 15) is 10.1 Å². The number of benzene rings is 2. The van der Waals surface area contributed by atoms with Gasteiger partial charge in [-0.05, 0) is 31.9 Å². The predicted molar refractivity (Wildman–Crippen MR) is 119 cm³/mol. The fourth-order valence-corrected chi connectivity index (χ4v) is 3.74. The van der Waals surface area contributed by atoms with Crippen LogP contribution in [-0.2, 0) is 4.79 Å². The minimum Gasteiger partial charge on any atom is -0.374 e. The number of hydrogen-bond donors (Lipinski definition) is 1. The second-order valence-electron chi connectivity index (χ2n) is 8.65. The van der Waals surface area contributed by atoms with Crippen molar-refractivity contribution in [2.24, 2.45) is 0 Å². The van der Waals surface area contributed by atoms with E-state index in [1.807, 2.05) is 32.9 Å². The highest BCUT2D eigenvalue weighted by atomic mass is 16.1. The molecule has 0 bridgehead atoms. The molecular formula is C25H30N4O. The van der Waals surface area contributed by atoms with E-state index in [1.54, 1.807) is 6.20 Å². The summed E-state index contributed by atoms with van der Waals surface area (Å²) in [5, 5.41) is 12.3. The largest absolute Gasteiger partial charge is 0.374 e. The molecule has 1 aliphatic rings. The van der Waals surface area contributed by atoms with Gasteiger partial charge in [0.1, 0.15) is 11.6 Å². The Bertz CT molecular complexity index is 862. The average Bonchev–Trinajstić information content (AvgIpc) is 2.73. The van der Waals surface area contributed by atoms with Crippen LogP contribution in [0.1, 0.15) is 37.9 Å². The molecule has 2 aromatic carbocycles. The maximum absolute atomic E-state index is 12.4. The zero-order chi connectivity index (χ0) is 21.6. The fraction of sp³-hybridized carbons (Fsp3) is 0.360. The third-order valence-corrected chi connectivity index (χ3v) is 5.11. The minimum atomic E-state index is -0.371. The lowest BCUT2D eigenvalue weighted by molar-refractivity contribution is -0.118. The Morgan fingerprint density at radius 2 is 1.47 bits per heavy atom. The first-order valence-electron chi connectivity index (χ1n) is 10.4. The third-order valence-electron chi connectivity index (χ3n) is 5.11. The molecule has 0 saturated carbocycles. The number of nitrogens with one attached hydrogen (secondary N) is 1. The Balaban J connectivity index is 1.73. The van der Waals surface area contributed by atoms with Gasteiger partial charge in [-0.25, -0.2) is 0 Å². The number of nitriles is 1. The van der Waals surface area contributed by atoms with Crippen molar-refractivity contribution in [1.82, 2.24) is 15.1 Å². The molecule has 5 heteroatoms. The zero-order valence-electron chi connectivity index (χ0n) is 18.0. The van der Waals surface area contributed by atoms with Gasteiger partial charge in [0.25, 0.3) is 5.91 Å². The Morgan fingerprint density at radius 1 is 0.967 bits per heavy atom. The molecule has 5 nitrogen and oxygen atoms in total. The van der Waals surface area contributed by atoms with Crippen LogP contribution in [0.2, 0.25) is 0 Å². The third kappa shape index (κ3) is 5.71. The summed E-state index contributed by atoms with van der Waals surface area (Å²) in [5.74, 6) is -0.320. The van der Waals surface area contributed by atoms with Crippen molar-refractivity contribution < 1.29 is 4.79 Å². The second kappa shape index (κ2) is 9.60. The Kier molecular flexibility index (Phi) is 6.91. The van der Waals surface area contributed by atoms with Gasteiger partial charge in [-0.1, -0.05) is 60.7 Å². The maximum atomic E-state index is 12.4. The summed E-state index contributed by atoms with van der Waals surface area (Å²) in [6.07, 6.45) is 1.71. The average molecular weight is 403 g/mol. The van der Waals surface area contributed by atoms with Crippen LogP contribution in [-0.4, -0.2) is 47.4 Å². The van der Waals surface area contributed by atoms with Gasteiger partial charge in [0.15, 0.2) is 0 Å². The second-order valence-corrected chi connectivity index (χ2v) is 8.65. The van der Waals surface area contributed by atoms with Crippen LogP contribution >= 0.6 is 0 Å². The highest BCUT2D eigenvalue weighted by Gasteiger charge is 2.26. The van der Waals surface area contributed by atoms with Crippen molar-refractivity contribution in [2.45, 2.75) is 32.4 Å². The molecule has 1 heterocycles. The SMILES string of the molecule is CC(C)(C)NC(=O)/C(C#N)=C\N1CCN(C(c2ccccc2)c2ccccc2)CC1. The van der Waals surface area contributed by atoms with E-state index in [4.69, 9.17) is 0 Å². The lowest BCUT2D eigenvalue weighted by atomic mass is 9.96. The topological polar surface area (TPSA) is 59.4 Å². The summed E-state index contributed by atoms with van der Waals surface area (Å²) in [6, 6.07) is 23.4. The first-order valence-corrected chi connectivity index (χ1v) is 10.4. The van der Waals surface area contributed by atoms with Crippen LogP contribution in [0.25, 0.3) is 0 Å².